The Morgan fingerprint density at radius 2 is 2.06 bits per heavy atom. The first-order valence-electron chi connectivity index (χ1n) is 6.67. The number of piperazine rings is 1. The summed E-state index contributed by atoms with van der Waals surface area (Å²) in [6.45, 7) is 4.04. The van der Waals surface area contributed by atoms with Gasteiger partial charge in [-0.15, -0.1) is 5.92 Å². The normalized spacial score (nSPS) is 25.9. The first-order valence-corrected chi connectivity index (χ1v) is 6.67. The second-order valence-corrected chi connectivity index (χ2v) is 5.06. The quantitative estimate of drug-likeness (QED) is 0.743. The van der Waals surface area contributed by atoms with Gasteiger partial charge in [0.1, 0.15) is 11.6 Å². The molecule has 4 heteroatoms. The Labute approximate surface area is 108 Å². The van der Waals surface area contributed by atoms with Crippen LogP contribution in [0.4, 0.5) is 0 Å². The number of rotatable bonds is 2. The molecule has 1 N–H and O–H groups in total. The van der Waals surface area contributed by atoms with Gasteiger partial charge in [0.05, 0.1) is 6.54 Å². The predicted octanol–water partition coefficient (Wildman–Crippen LogP) is 1.06. The van der Waals surface area contributed by atoms with Crippen LogP contribution in [-0.4, -0.2) is 34.8 Å². The molecular weight excluding hydrogens is 228 g/mol. The van der Waals surface area contributed by atoms with E-state index in [2.05, 4.69) is 17.2 Å². The number of nitrogens with one attached hydrogen (secondary N) is 1. The van der Waals surface area contributed by atoms with E-state index >= 15 is 0 Å². The molecule has 1 aliphatic heterocycles. The average molecular weight is 248 g/mol. The lowest BCUT2D eigenvalue weighted by molar-refractivity contribution is -0.154. The molecule has 18 heavy (non-hydrogen) atoms. The summed E-state index contributed by atoms with van der Waals surface area (Å²) in [5, 5.41) is 2.97. The molecule has 1 aliphatic carbocycles. The third kappa shape index (κ3) is 1.98. The van der Waals surface area contributed by atoms with Crippen molar-refractivity contribution in [1.29, 1.82) is 0 Å². The van der Waals surface area contributed by atoms with Crippen molar-refractivity contribution in [3.63, 3.8) is 0 Å². The second-order valence-electron chi connectivity index (χ2n) is 5.06. The first-order chi connectivity index (χ1) is 8.64. The Morgan fingerprint density at radius 3 is 2.61 bits per heavy atom. The Morgan fingerprint density at radius 1 is 1.39 bits per heavy atom. The zero-order chi connectivity index (χ0) is 13.2. The molecule has 0 aromatic rings. The molecule has 2 amide bonds. The van der Waals surface area contributed by atoms with Gasteiger partial charge in [-0.25, -0.2) is 0 Å². The number of hydrogen-bond acceptors (Lipinski definition) is 2. The van der Waals surface area contributed by atoms with Gasteiger partial charge in [-0.05, 0) is 26.2 Å². The van der Waals surface area contributed by atoms with E-state index in [1.165, 1.54) is 0 Å². The van der Waals surface area contributed by atoms with Crippen LogP contribution in [0.25, 0.3) is 0 Å². The van der Waals surface area contributed by atoms with Crippen LogP contribution in [0.5, 0.6) is 0 Å². The maximum absolute atomic E-state index is 12.6. The van der Waals surface area contributed by atoms with Crippen molar-refractivity contribution in [2.45, 2.75) is 57.5 Å². The van der Waals surface area contributed by atoms with E-state index in [0.29, 0.717) is 13.0 Å². The summed E-state index contributed by atoms with van der Waals surface area (Å²) in [5.74, 6) is 5.76. The van der Waals surface area contributed by atoms with E-state index in [1.54, 1.807) is 11.8 Å². The molecule has 1 spiro atoms. The minimum absolute atomic E-state index is 0.0168. The second kappa shape index (κ2) is 5.01. The third-order valence-electron chi connectivity index (χ3n) is 3.98. The smallest absolute Gasteiger partial charge is 0.249 e. The Hall–Kier alpha value is -1.50. The zero-order valence-electron chi connectivity index (χ0n) is 11.1. The summed E-state index contributed by atoms with van der Waals surface area (Å²) in [5.41, 5.74) is -0.627. The van der Waals surface area contributed by atoms with E-state index in [1.807, 2.05) is 6.92 Å². The number of carbonyl (C=O) groups is 2. The van der Waals surface area contributed by atoms with Gasteiger partial charge in [0.15, 0.2) is 0 Å². The Balaban J connectivity index is 2.28. The van der Waals surface area contributed by atoms with Gasteiger partial charge >= 0.3 is 0 Å². The number of amides is 2. The van der Waals surface area contributed by atoms with Gasteiger partial charge in [-0.1, -0.05) is 25.7 Å². The fourth-order valence-electron chi connectivity index (χ4n) is 3.00. The number of carbonyl (C=O) groups excluding carboxylic acids is 2. The molecule has 4 nitrogen and oxygen atoms in total. The zero-order valence-corrected chi connectivity index (χ0v) is 11.1. The van der Waals surface area contributed by atoms with Crippen molar-refractivity contribution in [3.05, 3.63) is 0 Å². The van der Waals surface area contributed by atoms with Crippen molar-refractivity contribution >= 4 is 11.8 Å². The van der Waals surface area contributed by atoms with Crippen molar-refractivity contribution in [3.8, 4) is 11.8 Å². The maximum atomic E-state index is 12.6. The molecule has 1 unspecified atom stereocenters. The summed E-state index contributed by atoms with van der Waals surface area (Å²) in [6.07, 6.45) is 4.19. The standard InChI is InChI=1S/C14H20N2O2/c1-3-5-10-16-11(4-2)12(17)15-14(13(16)18)8-6-7-9-14/h11H,4,6-10H2,1-2H3,(H,15,17). The molecule has 1 atom stereocenters. The fraction of sp³-hybridized carbons (Fsp3) is 0.714. The topological polar surface area (TPSA) is 49.4 Å². The van der Waals surface area contributed by atoms with Crippen LogP contribution in [0.2, 0.25) is 0 Å². The van der Waals surface area contributed by atoms with E-state index in [0.717, 1.165) is 25.7 Å². The largest absolute Gasteiger partial charge is 0.340 e. The van der Waals surface area contributed by atoms with Crippen LogP contribution in [0.3, 0.4) is 0 Å². The molecule has 0 aromatic heterocycles. The van der Waals surface area contributed by atoms with Crippen LogP contribution >= 0.6 is 0 Å². The highest BCUT2D eigenvalue weighted by molar-refractivity contribution is 6.00. The van der Waals surface area contributed by atoms with Crippen LogP contribution < -0.4 is 5.32 Å². The summed E-state index contributed by atoms with van der Waals surface area (Å²) in [6, 6.07) is -0.357. The van der Waals surface area contributed by atoms with Crippen molar-refractivity contribution in [2.24, 2.45) is 0 Å². The molecule has 1 saturated carbocycles. The van der Waals surface area contributed by atoms with E-state index in [4.69, 9.17) is 0 Å². The summed E-state index contributed by atoms with van der Waals surface area (Å²) in [4.78, 5) is 26.4. The SMILES string of the molecule is CC#CCN1C(=O)C2(CCCC2)NC(=O)C1CC. The van der Waals surface area contributed by atoms with Crippen LogP contribution in [0, 0.1) is 11.8 Å². The van der Waals surface area contributed by atoms with Crippen LogP contribution in [-0.2, 0) is 9.59 Å². The van der Waals surface area contributed by atoms with Gasteiger partial charge in [0, 0.05) is 0 Å². The van der Waals surface area contributed by atoms with Crippen molar-refractivity contribution in [2.75, 3.05) is 6.54 Å². The lowest BCUT2D eigenvalue weighted by atomic mass is 9.90. The van der Waals surface area contributed by atoms with Gasteiger partial charge in [-0.3, -0.25) is 9.59 Å². The predicted molar refractivity (Wildman–Crippen MR) is 68.6 cm³/mol. The van der Waals surface area contributed by atoms with Gasteiger partial charge in [0.25, 0.3) is 0 Å². The van der Waals surface area contributed by atoms with E-state index in [-0.39, 0.29) is 17.9 Å². The summed E-state index contributed by atoms with van der Waals surface area (Å²) in [7, 11) is 0. The number of nitrogens with zero attached hydrogens (tertiary/aromatic N) is 1. The van der Waals surface area contributed by atoms with Gasteiger partial charge in [0.2, 0.25) is 11.8 Å². The molecule has 1 saturated heterocycles. The molecule has 2 rings (SSSR count). The summed E-state index contributed by atoms with van der Waals surface area (Å²) >= 11 is 0. The summed E-state index contributed by atoms with van der Waals surface area (Å²) < 4.78 is 0. The highest BCUT2D eigenvalue weighted by atomic mass is 16.2. The van der Waals surface area contributed by atoms with Gasteiger partial charge < -0.3 is 10.2 Å². The van der Waals surface area contributed by atoms with Crippen LogP contribution in [0.1, 0.15) is 46.0 Å². The molecule has 2 aliphatic rings. The van der Waals surface area contributed by atoms with Crippen LogP contribution in [0.15, 0.2) is 0 Å². The van der Waals surface area contributed by atoms with E-state index < -0.39 is 5.54 Å². The lowest BCUT2D eigenvalue weighted by Crippen LogP contribution is -2.69. The Kier molecular flexibility index (Phi) is 3.60. The van der Waals surface area contributed by atoms with Crippen molar-refractivity contribution in [1.82, 2.24) is 10.2 Å². The first kappa shape index (κ1) is 12.9. The maximum Gasteiger partial charge on any atom is 0.249 e. The number of hydrogen-bond donors (Lipinski definition) is 1. The molecule has 0 radical (unpaired) electrons. The minimum atomic E-state index is -0.627. The highest BCUT2D eigenvalue weighted by Gasteiger charge is 2.51. The lowest BCUT2D eigenvalue weighted by Gasteiger charge is -2.43. The molecule has 2 fully saturated rings. The highest BCUT2D eigenvalue weighted by Crippen LogP contribution is 2.34. The van der Waals surface area contributed by atoms with Crippen molar-refractivity contribution < 1.29 is 9.59 Å². The average Bonchev–Trinajstić information content (AvgIpc) is 2.81. The van der Waals surface area contributed by atoms with Gasteiger partial charge in [-0.2, -0.15) is 0 Å². The Bertz CT molecular complexity index is 413. The molecule has 0 aromatic carbocycles. The molecule has 1 heterocycles. The molecule has 98 valence electrons. The molecular formula is C14H20N2O2. The molecule has 0 bridgehead atoms. The minimum Gasteiger partial charge on any atom is -0.340 e. The van der Waals surface area contributed by atoms with E-state index in [9.17, 15) is 9.59 Å². The fourth-order valence-corrected chi connectivity index (χ4v) is 3.00. The third-order valence-corrected chi connectivity index (χ3v) is 3.98. The monoisotopic (exact) mass is 248 g/mol.